The highest BCUT2D eigenvalue weighted by Crippen LogP contribution is 2.07. The first-order chi connectivity index (χ1) is 8.34. The number of hydrogen-bond donors (Lipinski definition) is 0. The number of likely N-dealkylation sites (N-methyl/N-ethyl adjacent to an activating group) is 1. The van der Waals surface area contributed by atoms with E-state index in [0.717, 1.165) is 19.6 Å². The van der Waals surface area contributed by atoms with Gasteiger partial charge in [0.15, 0.2) is 0 Å². The Hall–Kier alpha value is -1.25. The molecule has 0 spiro atoms. The first-order valence-electron chi connectivity index (χ1n) is 5.18. The molecule has 1 aliphatic rings. The van der Waals surface area contributed by atoms with Crippen molar-refractivity contribution >= 4 is 0 Å². The molecular formula is C10H14ClN3O4. The van der Waals surface area contributed by atoms with Crippen LogP contribution in [-0.2, 0) is 6.54 Å². The Morgan fingerprint density at radius 1 is 1.22 bits per heavy atom. The molecule has 2 rings (SSSR count). The topological polar surface area (TPSA) is 111 Å². The van der Waals surface area contributed by atoms with Gasteiger partial charge in [-0.05, 0) is 5.56 Å². The Balaban J connectivity index is 0.000000280. The predicted molar refractivity (Wildman–Crippen MR) is 50.3 cm³/mol. The SMILES string of the molecule is C[N+]1=NN(Cc2ccccc2)CC1.[O-][Cl+3]([O-])([O-])[O-]. The van der Waals surface area contributed by atoms with Crippen LogP contribution in [0.4, 0.5) is 0 Å². The van der Waals surface area contributed by atoms with Crippen LogP contribution in [-0.4, -0.2) is 29.8 Å². The fraction of sp³-hybridized carbons (Fsp3) is 0.400. The summed E-state index contributed by atoms with van der Waals surface area (Å²) in [6, 6.07) is 10.4. The summed E-state index contributed by atoms with van der Waals surface area (Å²) in [5.41, 5.74) is 1.32. The first kappa shape index (κ1) is 14.8. The van der Waals surface area contributed by atoms with Crippen molar-refractivity contribution in [1.82, 2.24) is 5.01 Å². The third-order valence-electron chi connectivity index (χ3n) is 2.17. The summed E-state index contributed by atoms with van der Waals surface area (Å²) in [6.45, 7) is 2.99. The van der Waals surface area contributed by atoms with E-state index in [2.05, 4.69) is 34.5 Å². The molecular weight excluding hydrogens is 262 g/mol. The first-order valence-corrected chi connectivity index (χ1v) is 6.41. The van der Waals surface area contributed by atoms with Gasteiger partial charge in [-0.15, -0.1) is 10.2 Å². The maximum atomic E-state index is 8.49. The van der Waals surface area contributed by atoms with Crippen LogP contribution >= 0.6 is 0 Å². The van der Waals surface area contributed by atoms with E-state index < -0.39 is 10.2 Å². The number of halogens is 1. The van der Waals surface area contributed by atoms with E-state index in [1.807, 2.05) is 17.8 Å². The van der Waals surface area contributed by atoms with Gasteiger partial charge in [-0.25, -0.2) is 18.6 Å². The molecule has 0 aliphatic carbocycles. The highest BCUT2D eigenvalue weighted by atomic mass is 35.7. The van der Waals surface area contributed by atoms with Gasteiger partial charge in [-0.1, -0.05) is 30.3 Å². The highest BCUT2D eigenvalue weighted by molar-refractivity contribution is 5.14. The Kier molecular flexibility index (Phi) is 5.45. The van der Waals surface area contributed by atoms with E-state index in [0.29, 0.717) is 0 Å². The zero-order valence-corrected chi connectivity index (χ0v) is 10.6. The maximum Gasteiger partial charge on any atom is 0.147 e. The van der Waals surface area contributed by atoms with E-state index in [9.17, 15) is 0 Å². The molecule has 18 heavy (non-hydrogen) atoms. The summed E-state index contributed by atoms with van der Waals surface area (Å²) >= 11 is 0. The molecule has 0 atom stereocenters. The van der Waals surface area contributed by atoms with Crippen molar-refractivity contribution < 1.29 is 33.6 Å². The highest BCUT2D eigenvalue weighted by Gasteiger charge is 2.18. The molecule has 7 nitrogen and oxygen atoms in total. The molecule has 0 N–H and O–H groups in total. The Morgan fingerprint density at radius 3 is 2.22 bits per heavy atom. The molecule has 100 valence electrons. The van der Waals surface area contributed by atoms with Crippen molar-refractivity contribution in [2.24, 2.45) is 5.22 Å². The average molecular weight is 276 g/mol. The van der Waals surface area contributed by atoms with Gasteiger partial charge in [0.05, 0.1) is 12.3 Å². The molecule has 0 bridgehead atoms. The molecule has 0 radical (unpaired) electrons. The van der Waals surface area contributed by atoms with Crippen LogP contribution in [0, 0.1) is 10.2 Å². The summed E-state index contributed by atoms with van der Waals surface area (Å²) in [4.78, 5) is 0. The van der Waals surface area contributed by atoms with Gasteiger partial charge >= 0.3 is 0 Å². The fourth-order valence-electron chi connectivity index (χ4n) is 1.47. The monoisotopic (exact) mass is 275 g/mol. The van der Waals surface area contributed by atoms with Gasteiger partial charge in [0, 0.05) is 0 Å². The molecule has 0 aromatic heterocycles. The lowest BCUT2D eigenvalue weighted by Crippen LogP contribution is -2.68. The lowest BCUT2D eigenvalue weighted by molar-refractivity contribution is -2.00. The minimum atomic E-state index is -4.94. The summed E-state index contributed by atoms with van der Waals surface area (Å²) < 4.78 is 35.9. The van der Waals surface area contributed by atoms with E-state index in [1.54, 1.807) is 0 Å². The van der Waals surface area contributed by atoms with Crippen molar-refractivity contribution in [3.05, 3.63) is 35.9 Å². The van der Waals surface area contributed by atoms with Gasteiger partial charge < -0.3 is 0 Å². The maximum absolute atomic E-state index is 8.49. The Morgan fingerprint density at radius 2 is 1.78 bits per heavy atom. The smallest absolute Gasteiger partial charge is 0.147 e. The summed E-state index contributed by atoms with van der Waals surface area (Å²) in [7, 11) is -2.94. The molecule has 1 aliphatic heterocycles. The molecule has 0 saturated carbocycles. The van der Waals surface area contributed by atoms with Crippen LogP contribution in [0.3, 0.4) is 0 Å². The summed E-state index contributed by atoms with van der Waals surface area (Å²) in [5.74, 6) is 0. The van der Waals surface area contributed by atoms with Crippen LogP contribution < -0.4 is 18.6 Å². The molecule has 8 heteroatoms. The second-order valence-corrected chi connectivity index (χ2v) is 4.48. The van der Waals surface area contributed by atoms with Crippen LogP contribution in [0.1, 0.15) is 5.56 Å². The molecule has 0 unspecified atom stereocenters. The molecule has 0 amide bonds. The molecule has 0 saturated heterocycles. The Labute approximate surface area is 107 Å². The van der Waals surface area contributed by atoms with E-state index in [1.165, 1.54) is 5.56 Å². The van der Waals surface area contributed by atoms with Gasteiger partial charge in [0.25, 0.3) is 0 Å². The largest absolute Gasteiger partial charge is 0.222 e. The predicted octanol–water partition coefficient (Wildman–Crippen LogP) is -3.24. The number of hydrogen-bond acceptors (Lipinski definition) is 6. The molecule has 0 fully saturated rings. The Bertz CT molecular complexity index is 388. The van der Waals surface area contributed by atoms with Gasteiger partial charge in [-0.2, -0.15) is 9.71 Å². The zero-order chi connectivity index (χ0) is 13.6. The van der Waals surface area contributed by atoms with Crippen molar-refractivity contribution in [3.8, 4) is 0 Å². The molecule has 1 aromatic carbocycles. The normalized spacial score (nSPS) is 14.9. The van der Waals surface area contributed by atoms with Gasteiger partial charge in [0.1, 0.15) is 19.6 Å². The standard InChI is InChI=1S/C10H14N3.ClHO4/c1-12-7-8-13(11-12)9-10-5-3-2-4-6-10;2-1(3,4)5/h2-6H,7-9H2,1H3;(H,2,3,4,5)/q+1;/p-1. The zero-order valence-electron chi connectivity index (χ0n) is 9.86. The lowest BCUT2D eigenvalue weighted by Gasteiger charge is -2.17. The average Bonchev–Trinajstić information content (AvgIpc) is 2.63. The minimum Gasteiger partial charge on any atom is -0.222 e. The van der Waals surface area contributed by atoms with E-state index in [-0.39, 0.29) is 0 Å². The van der Waals surface area contributed by atoms with E-state index >= 15 is 0 Å². The number of benzene rings is 1. The minimum absolute atomic E-state index is 0.922. The van der Waals surface area contributed by atoms with Crippen LogP contribution in [0.2, 0.25) is 0 Å². The summed E-state index contributed by atoms with van der Waals surface area (Å²) in [6.07, 6.45) is 0. The van der Waals surface area contributed by atoms with Crippen molar-refractivity contribution in [3.63, 3.8) is 0 Å². The van der Waals surface area contributed by atoms with Crippen molar-refractivity contribution in [2.75, 3.05) is 20.1 Å². The fourth-order valence-corrected chi connectivity index (χ4v) is 1.47. The summed E-state index contributed by atoms with van der Waals surface area (Å²) in [5, 5.41) is 6.44. The second-order valence-electron chi connectivity index (χ2n) is 3.72. The number of rotatable bonds is 2. The van der Waals surface area contributed by atoms with Crippen molar-refractivity contribution in [2.45, 2.75) is 6.54 Å². The number of nitrogens with zero attached hydrogens (tertiary/aromatic N) is 3. The molecule has 1 aromatic rings. The van der Waals surface area contributed by atoms with Gasteiger partial charge in [-0.3, -0.25) is 0 Å². The third-order valence-corrected chi connectivity index (χ3v) is 2.17. The van der Waals surface area contributed by atoms with Crippen molar-refractivity contribution in [1.29, 1.82) is 0 Å². The van der Waals surface area contributed by atoms with E-state index in [4.69, 9.17) is 18.6 Å². The van der Waals surface area contributed by atoms with Gasteiger partial charge in [0.2, 0.25) is 0 Å². The van der Waals surface area contributed by atoms with Crippen LogP contribution in [0.15, 0.2) is 35.6 Å². The van der Waals surface area contributed by atoms with Crippen LogP contribution in [0.5, 0.6) is 0 Å². The van der Waals surface area contributed by atoms with Crippen LogP contribution in [0.25, 0.3) is 0 Å². The second kappa shape index (κ2) is 6.62. The quantitative estimate of drug-likeness (QED) is 0.527. The molecule has 1 heterocycles. The third kappa shape index (κ3) is 7.15. The lowest BCUT2D eigenvalue weighted by atomic mass is 10.2.